The predicted molar refractivity (Wildman–Crippen MR) is 307 cm³/mol. The van der Waals surface area contributed by atoms with Gasteiger partial charge >= 0.3 is 17.9 Å². The minimum Gasteiger partial charge on any atom is -0.462 e. The first kappa shape index (κ1) is 68.4. The van der Waals surface area contributed by atoms with Crippen LogP contribution in [0, 0.1) is 0 Å². The zero-order valence-corrected chi connectivity index (χ0v) is 47.5. The number of hydrogen-bond acceptors (Lipinski definition) is 6. The fourth-order valence-corrected chi connectivity index (χ4v) is 9.09. The van der Waals surface area contributed by atoms with Gasteiger partial charge < -0.3 is 14.2 Å². The van der Waals surface area contributed by atoms with Crippen LogP contribution in [0.3, 0.4) is 0 Å². The first-order valence-corrected chi connectivity index (χ1v) is 31.1. The molecule has 6 nitrogen and oxygen atoms in total. The summed E-state index contributed by atoms with van der Waals surface area (Å²) < 4.78 is 16.9. The summed E-state index contributed by atoms with van der Waals surface area (Å²) >= 11 is 0. The van der Waals surface area contributed by atoms with E-state index in [1.807, 2.05) is 0 Å². The molecule has 6 heteroatoms. The van der Waals surface area contributed by atoms with E-state index in [0.29, 0.717) is 19.3 Å². The molecule has 71 heavy (non-hydrogen) atoms. The summed E-state index contributed by atoms with van der Waals surface area (Å²) in [5.74, 6) is -0.874. The molecule has 414 valence electrons. The number of carbonyl (C=O) groups is 3. The molecule has 0 saturated heterocycles. The third-order valence-electron chi connectivity index (χ3n) is 13.8. The van der Waals surface area contributed by atoms with E-state index in [1.54, 1.807) is 0 Å². The summed E-state index contributed by atoms with van der Waals surface area (Å²) in [7, 11) is 0. The number of hydrogen-bond donors (Lipinski definition) is 0. The molecule has 0 rings (SSSR count). The Labute approximate surface area is 441 Å². The van der Waals surface area contributed by atoms with Gasteiger partial charge in [-0.15, -0.1) is 0 Å². The Morgan fingerprint density at radius 3 is 0.789 bits per heavy atom. The van der Waals surface area contributed by atoms with Crippen molar-refractivity contribution in [1.29, 1.82) is 0 Å². The van der Waals surface area contributed by atoms with Crippen LogP contribution in [0.4, 0.5) is 0 Å². The molecule has 0 aliphatic heterocycles. The highest BCUT2D eigenvalue weighted by Gasteiger charge is 2.19. The van der Waals surface area contributed by atoms with Crippen LogP contribution in [0.1, 0.15) is 329 Å². The second kappa shape index (κ2) is 59.9. The molecule has 0 N–H and O–H groups in total. The number of unbranched alkanes of at least 4 members (excludes halogenated alkanes) is 38. The van der Waals surface area contributed by atoms with Gasteiger partial charge in [-0.2, -0.15) is 0 Å². The van der Waals surface area contributed by atoms with Crippen molar-refractivity contribution < 1.29 is 28.6 Å². The highest BCUT2D eigenvalue weighted by atomic mass is 16.6. The number of rotatable bonds is 57. The van der Waals surface area contributed by atoms with Crippen LogP contribution >= 0.6 is 0 Å². The van der Waals surface area contributed by atoms with Crippen molar-refractivity contribution in [2.24, 2.45) is 0 Å². The molecule has 0 aromatic heterocycles. The lowest BCUT2D eigenvalue weighted by atomic mass is 10.0. The lowest BCUT2D eigenvalue weighted by Gasteiger charge is -2.18. The lowest BCUT2D eigenvalue weighted by Crippen LogP contribution is -2.30. The summed E-state index contributed by atoms with van der Waals surface area (Å²) in [6.07, 6.45) is 74.1. The maximum absolute atomic E-state index is 12.8. The van der Waals surface area contributed by atoms with Gasteiger partial charge in [0.25, 0.3) is 0 Å². The highest BCUT2D eigenvalue weighted by molar-refractivity contribution is 5.71. The van der Waals surface area contributed by atoms with Crippen LogP contribution in [-0.2, 0) is 28.6 Å². The lowest BCUT2D eigenvalue weighted by molar-refractivity contribution is -0.167. The number of esters is 3. The Hall–Kier alpha value is -2.63. The summed E-state index contributed by atoms with van der Waals surface area (Å²) in [5.41, 5.74) is 0. The largest absolute Gasteiger partial charge is 0.462 e. The Bertz CT molecular complexity index is 1230. The molecule has 0 spiro atoms. The zero-order valence-electron chi connectivity index (χ0n) is 47.5. The van der Waals surface area contributed by atoms with Crippen molar-refractivity contribution in [3.8, 4) is 0 Å². The van der Waals surface area contributed by atoms with E-state index in [1.165, 1.54) is 199 Å². The van der Waals surface area contributed by atoms with Gasteiger partial charge in [0, 0.05) is 19.3 Å². The smallest absolute Gasteiger partial charge is 0.306 e. The van der Waals surface area contributed by atoms with Crippen molar-refractivity contribution in [2.75, 3.05) is 13.2 Å². The van der Waals surface area contributed by atoms with Gasteiger partial charge in [0.1, 0.15) is 13.2 Å². The fraction of sp³-hybridized carbons (Fsp3) is 0.831. The van der Waals surface area contributed by atoms with Crippen LogP contribution in [0.2, 0.25) is 0 Å². The van der Waals surface area contributed by atoms with E-state index in [2.05, 4.69) is 69.4 Å². The summed E-state index contributed by atoms with van der Waals surface area (Å²) in [6, 6.07) is 0. The molecular formula is C65H118O6. The fourth-order valence-electron chi connectivity index (χ4n) is 9.09. The second-order valence-corrected chi connectivity index (χ2v) is 21.0. The minimum atomic E-state index is -0.777. The number of carbonyl (C=O) groups excluding carboxylic acids is 3. The molecule has 0 fully saturated rings. The Balaban J connectivity index is 4.18. The van der Waals surface area contributed by atoms with Crippen LogP contribution < -0.4 is 0 Å². The van der Waals surface area contributed by atoms with Gasteiger partial charge in [-0.05, 0) is 83.5 Å². The Morgan fingerprint density at radius 1 is 0.282 bits per heavy atom. The van der Waals surface area contributed by atoms with Crippen LogP contribution in [-0.4, -0.2) is 37.2 Å². The van der Waals surface area contributed by atoms with Crippen molar-refractivity contribution in [2.45, 2.75) is 335 Å². The van der Waals surface area contributed by atoms with E-state index in [0.717, 1.165) is 89.9 Å². The van der Waals surface area contributed by atoms with Crippen molar-refractivity contribution in [1.82, 2.24) is 0 Å². The topological polar surface area (TPSA) is 78.9 Å². The maximum Gasteiger partial charge on any atom is 0.306 e. The van der Waals surface area contributed by atoms with Gasteiger partial charge in [0.05, 0.1) is 0 Å². The molecule has 0 radical (unpaired) electrons. The van der Waals surface area contributed by atoms with E-state index in [9.17, 15) is 14.4 Å². The third-order valence-corrected chi connectivity index (χ3v) is 13.8. The Kier molecular flexibility index (Phi) is 57.7. The molecule has 1 atom stereocenters. The molecule has 0 aliphatic rings. The monoisotopic (exact) mass is 995 g/mol. The quantitative estimate of drug-likeness (QED) is 0.0261. The summed E-state index contributed by atoms with van der Waals surface area (Å²) in [5, 5.41) is 0. The average Bonchev–Trinajstić information content (AvgIpc) is 3.37. The van der Waals surface area contributed by atoms with Crippen molar-refractivity contribution in [3.63, 3.8) is 0 Å². The van der Waals surface area contributed by atoms with Crippen LogP contribution in [0.5, 0.6) is 0 Å². The molecule has 0 aromatic rings. The average molecular weight is 996 g/mol. The zero-order chi connectivity index (χ0) is 51.4. The number of ether oxygens (including phenoxy) is 3. The van der Waals surface area contributed by atoms with Gasteiger partial charge in [0.2, 0.25) is 0 Å². The van der Waals surface area contributed by atoms with Gasteiger partial charge in [0.15, 0.2) is 6.10 Å². The Morgan fingerprint density at radius 2 is 0.507 bits per heavy atom. The minimum absolute atomic E-state index is 0.0752. The van der Waals surface area contributed by atoms with Crippen molar-refractivity contribution in [3.05, 3.63) is 48.6 Å². The third kappa shape index (κ3) is 58.1. The van der Waals surface area contributed by atoms with Crippen LogP contribution in [0.25, 0.3) is 0 Å². The molecule has 0 aromatic carbocycles. The van der Waals surface area contributed by atoms with Crippen molar-refractivity contribution >= 4 is 17.9 Å². The molecule has 0 amide bonds. The molecule has 0 aliphatic carbocycles. The standard InChI is InChI=1S/C65H118O6/c1-4-7-10-13-16-19-22-24-26-28-29-30-31-32-33-34-35-36-37-38-40-41-43-46-49-52-55-58-64(67)70-61-62(60-69-63(66)57-54-51-48-45-21-18-15-12-9-6-3)71-65(68)59-56-53-50-47-44-42-39-27-25-23-20-17-14-11-8-5-2/h20,22-24,27-29,39,62H,4-19,21,25-26,30-38,40-61H2,1-3H3/b23-20-,24-22-,29-28-,39-27-. The number of allylic oxidation sites excluding steroid dienone is 8. The maximum atomic E-state index is 12.8. The van der Waals surface area contributed by atoms with E-state index < -0.39 is 6.10 Å². The molecule has 0 saturated carbocycles. The molecule has 0 bridgehead atoms. The van der Waals surface area contributed by atoms with Gasteiger partial charge in [-0.1, -0.05) is 275 Å². The van der Waals surface area contributed by atoms with E-state index >= 15 is 0 Å². The molecule has 0 heterocycles. The highest BCUT2D eigenvalue weighted by Crippen LogP contribution is 2.17. The van der Waals surface area contributed by atoms with Crippen LogP contribution in [0.15, 0.2) is 48.6 Å². The van der Waals surface area contributed by atoms with E-state index in [-0.39, 0.29) is 31.1 Å². The van der Waals surface area contributed by atoms with Gasteiger partial charge in [-0.3, -0.25) is 14.4 Å². The first-order chi connectivity index (χ1) is 35.0. The second-order valence-electron chi connectivity index (χ2n) is 21.0. The van der Waals surface area contributed by atoms with E-state index in [4.69, 9.17) is 14.2 Å². The predicted octanol–water partition coefficient (Wildman–Crippen LogP) is 21.0. The van der Waals surface area contributed by atoms with Gasteiger partial charge in [-0.25, -0.2) is 0 Å². The SMILES string of the molecule is CCCCCC/C=C\C/C=C\CCCCCCCC(=O)OC(COC(=O)CCCCCCCCCCCC)COC(=O)CCCCCCCCCCCCCCCCC/C=C\C/C=C\CCCCCCC. The summed E-state index contributed by atoms with van der Waals surface area (Å²) in [4.78, 5) is 38.1. The molecular weight excluding hydrogens is 877 g/mol. The summed E-state index contributed by atoms with van der Waals surface area (Å²) in [6.45, 7) is 6.63. The first-order valence-electron chi connectivity index (χ1n) is 31.1. The normalized spacial score (nSPS) is 12.3. The molecule has 1 unspecified atom stereocenters.